The Bertz CT molecular complexity index is 1070. The number of benzene rings is 2. The van der Waals surface area contributed by atoms with Gasteiger partial charge in [0.25, 0.3) is 0 Å². The zero-order chi connectivity index (χ0) is 22.4. The molecular formula is C22H22BrCl2N3O3. The van der Waals surface area contributed by atoms with Gasteiger partial charge in [-0.05, 0) is 65.2 Å². The molecule has 0 bridgehead atoms. The largest absolute Gasteiger partial charge is 0.490 e. The number of nitrogens with zero attached hydrogens (tertiary/aromatic N) is 2. The average molecular weight is 527 g/mol. The van der Waals surface area contributed by atoms with E-state index in [1.54, 1.807) is 23.0 Å². The van der Waals surface area contributed by atoms with Crippen LogP contribution >= 0.6 is 39.1 Å². The van der Waals surface area contributed by atoms with Crippen LogP contribution in [-0.4, -0.2) is 28.9 Å². The summed E-state index contributed by atoms with van der Waals surface area (Å²) in [6, 6.07) is 10.8. The molecule has 1 aromatic heterocycles. The Balaban J connectivity index is 1.67. The maximum Gasteiger partial charge on any atom is 0.230 e. The number of carbonyl (C=O) groups is 1. The van der Waals surface area contributed by atoms with Crippen molar-refractivity contribution >= 4 is 50.9 Å². The molecule has 0 spiro atoms. The molecule has 1 N–H and O–H groups in total. The molecule has 0 radical (unpaired) electrons. The molecule has 0 aliphatic carbocycles. The number of ether oxygens (including phenoxy) is 2. The highest BCUT2D eigenvalue weighted by atomic mass is 79.9. The molecular weight excluding hydrogens is 505 g/mol. The van der Waals surface area contributed by atoms with E-state index in [2.05, 4.69) is 26.3 Å². The molecule has 0 aliphatic rings. The zero-order valence-corrected chi connectivity index (χ0v) is 20.2. The highest BCUT2D eigenvalue weighted by Gasteiger charge is 2.14. The van der Waals surface area contributed by atoms with Gasteiger partial charge < -0.3 is 14.8 Å². The molecule has 1 heterocycles. The van der Waals surface area contributed by atoms with E-state index in [0.717, 1.165) is 11.1 Å². The van der Waals surface area contributed by atoms with Crippen molar-refractivity contribution in [2.24, 2.45) is 0 Å². The molecule has 1 amide bonds. The highest BCUT2D eigenvalue weighted by molar-refractivity contribution is 9.10. The first-order valence-corrected chi connectivity index (χ1v) is 11.3. The molecule has 3 aromatic rings. The van der Waals surface area contributed by atoms with E-state index in [1.165, 1.54) is 0 Å². The Labute approximate surface area is 199 Å². The van der Waals surface area contributed by atoms with E-state index < -0.39 is 0 Å². The Hall–Kier alpha value is -2.22. The highest BCUT2D eigenvalue weighted by Crippen LogP contribution is 2.29. The summed E-state index contributed by atoms with van der Waals surface area (Å²) in [5, 5.41) is 8.41. The minimum atomic E-state index is -0.193. The molecule has 2 aromatic carbocycles. The first-order chi connectivity index (χ1) is 14.9. The van der Waals surface area contributed by atoms with Gasteiger partial charge in [0.2, 0.25) is 5.91 Å². The lowest BCUT2D eigenvalue weighted by Gasteiger charge is -2.12. The number of aromatic nitrogens is 2. The van der Waals surface area contributed by atoms with Crippen LogP contribution in [0, 0.1) is 0 Å². The minimum Gasteiger partial charge on any atom is -0.490 e. The van der Waals surface area contributed by atoms with Crippen molar-refractivity contribution in [2.45, 2.75) is 26.8 Å². The number of carbonyl (C=O) groups excluding carboxylic acids is 1. The van der Waals surface area contributed by atoms with Crippen LogP contribution in [0.15, 0.2) is 47.1 Å². The van der Waals surface area contributed by atoms with Crippen LogP contribution in [0.1, 0.15) is 25.0 Å². The Morgan fingerprint density at radius 2 is 1.84 bits per heavy atom. The quantitative estimate of drug-likeness (QED) is 0.372. The lowest BCUT2D eigenvalue weighted by atomic mass is 10.1. The van der Waals surface area contributed by atoms with Gasteiger partial charge in [-0.25, -0.2) is 0 Å². The molecule has 6 nitrogen and oxygen atoms in total. The van der Waals surface area contributed by atoms with Crippen molar-refractivity contribution in [3.63, 3.8) is 0 Å². The van der Waals surface area contributed by atoms with Gasteiger partial charge >= 0.3 is 0 Å². The van der Waals surface area contributed by atoms with Gasteiger partial charge in [-0.15, -0.1) is 0 Å². The molecule has 0 unspecified atom stereocenters. The zero-order valence-electron chi connectivity index (χ0n) is 17.1. The van der Waals surface area contributed by atoms with Gasteiger partial charge in [-0.2, -0.15) is 5.10 Å². The standard InChI is InChI=1S/C22H22BrCl2N3O3/c1-3-30-19-8-5-14(9-20(19)31-4-2)10-21(29)26-22-17(23)13-28(27-22)12-15-6-7-16(24)11-18(15)25/h5-9,11,13H,3-4,10,12H2,1-2H3,(H,26,27,29). The second kappa shape index (κ2) is 10.9. The predicted octanol–water partition coefficient (Wildman–Crippen LogP) is 5.98. The summed E-state index contributed by atoms with van der Waals surface area (Å²) in [5.74, 6) is 1.53. The fourth-order valence-corrected chi connectivity index (χ4v) is 3.84. The fraction of sp³-hybridized carbons (Fsp3) is 0.273. The first kappa shape index (κ1) is 23.4. The van der Waals surface area contributed by atoms with E-state index in [0.29, 0.717) is 51.6 Å². The van der Waals surface area contributed by atoms with E-state index in [-0.39, 0.29) is 12.3 Å². The number of hydrogen-bond donors (Lipinski definition) is 1. The summed E-state index contributed by atoms with van der Waals surface area (Å²) >= 11 is 15.6. The van der Waals surface area contributed by atoms with Gasteiger partial charge in [-0.1, -0.05) is 35.3 Å². The third-order valence-electron chi connectivity index (χ3n) is 4.29. The Kier molecular flexibility index (Phi) is 8.23. The van der Waals surface area contributed by atoms with Crippen molar-refractivity contribution in [1.82, 2.24) is 9.78 Å². The topological polar surface area (TPSA) is 65.4 Å². The maximum absolute atomic E-state index is 12.6. The van der Waals surface area contributed by atoms with E-state index >= 15 is 0 Å². The van der Waals surface area contributed by atoms with Crippen molar-refractivity contribution in [2.75, 3.05) is 18.5 Å². The summed E-state index contributed by atoms with van der Waals surface area (Å²) in [6.07, 6.45) is 1.96. The number of rotatable bonds is 9. The van der Waals surface area contributed by atoms with Crippen molar-refractivity contribution in [1.29, 1.82) is 0 Å². The number of amides is 1. The van der Waals surface area contributed by atoms with Crippen LogP contribution < -0.4 is 14.8 Å². The third-order valence-corrected chi connectivity index (χ3v) is 5.46. The molecule has 0 atom stereocenters. The van der Waals surface area contributed by atoms with E-state index in [1.807, 2.05) is 38.1 Å². The molecule has 0 saturated heterocycles. The minimum absolute atomic E-state index is 0.175. The lowest BCUT2D eigenvalue weighted by molar-refractivity contribution is -0.115. The number of halogens is 3. The predicted molar refractivity (Wildman–Crippen MR) is 127 cm³/mol. The van der Waals surface area contributed by atoms with Crippen molar-refractivity contribution in [3.05, 3.63) is 68.2 Å². The second-order valence-corrected chi connectivity index (χ2v) is 8.33. The van der Waals surface area contributed by atoms with Gasteiger partial charge in [-0.3, -0.25) is 9.48 Å². The average Bonchev–Trinajstić information content (AvgIpc) is 3.05. The van der Waals surface area contributed by atoms with E-state index in [4.69, 9.17) is 32.7 Å². The summed E-state index contributed by atoms with van der Waals surface area (Å²) < 4.78 is 13.6. The first-order valence-electron chi connectivity index (χ1n) is 9.74. The monoisotopic (exact) mass is 525 g/mol. The molecule has 3 rings (SSSR count). The second-order valence-electron chi connectivity index (χ2n) is 6.63. The molecule has 0 fully saturated rings. The summed E-state index contributed by atoms with van der Waals surface area (Å²) in [4.78, 5) is 12.6. The molecule has 31 heavy (non-hydrogen) atoms. The van der Waals surface area contributed by atoms with Crippen LogP contribution in [0.25, 0.3) is 0 Å². The molecule has 0 aliphatic heterocycles. The lowest BCUT2D eigenvalue weighted by Crippen LogP contribution is -2.15. The van der Waals surface area contributed by atoms with Crippen molar-refractivity contribution < 1.29 is 14.3 Å². The summed E-state index contributed by atoms with van der Waals surface area (Å²) in [6.45, 7) is 5.31. The number of hydrogen-bond acceptors (Lipinski definition) is 4. The fourth-order valence-electron chi connectivity index (χ4n) is 2.95. The summed E-state index contributed by atoms with van der Waals surface area (Å²) in [7, 11) is 0. The van der Waals surface area contributed by atoms with Crippen LogP contribution in [0.4, 0.5) is 5.82 Å². The maximum atomic E-state index is 12.6. The molecule has 164 valence electrons. The Morgan fingerprint density at radius 1 is 1.10 bits per heavy atom. The van der Waals surface area contributed by atoms with Crippen molar-refractivity contribution in [3.8, 4) is 11.5 Å². The van der Waals surface area contributed by atoms with Crippen LogP contribution in [-0.2, 0) is 17.8 Å². The van der Waals surface area contributed by atoms with Crippen LogP contribution in [0.5, 0.6) is 11.5 Å². The smallest absolute Gasteiger partial charge is 0.230 e. The van der Waals surface area contributed by atoms with Gasteiger partial charge in [0, 0.05) is 16.2 Å². The van der Waals surface area contributed by atoms with Gasteiger partial charge in [0.1, 0.15) is 0 Å². The van der Waals surface area contributed by atoms with E-state index in [9.17, 15) is 4.79 Å². The van der Waals surface area contributed by atoms with Crippen LogP contribution in [0.2, 0.25) is 10.0 Å². The SMILES string of the molecule is CCOc1ccc(CC(=O)Nc2nn(Cc3ccc(Cl)cc3Cl)cc2Br)cc1OCC. The summed E-state index contributed by atoms with van der Waals surface area (Å²) in [5.41, 5.74) is 1.68. The number of nitrogens with one attached hydrogen (secondary N) is 1. The number of anilines is 1. The Morgan fingerprint density at radius 3 is 2.55 bits per heavy atom. The van der Waals surface area contributed by atoms with Gasteiger partial charge in [0.05, 0.1) is 30.7 Å². The molecule has 0 saturated carbocycles. The van der Waals surface area contributed by atoms with Gasteiger partial charge in [0.15, 0.2) is 17.3 Å². The normalized spacial score (nSPS) is 10.7. The molecule has 9 heteroatoms. The third kappa shape index (κ3) is 6.38. The van der Waals surface area contributed by atoms with Crippen LogP contribution in [0.3, 0.4) is 0 Å².